The van der Waals surface area contributed by atoms with Crippen LogP contribution in [0.25, 0.3) is 11.4 Å². The molecule has 8 nitrogen and oxygen atoms in total. The molecule has 3 aromatic rings. The van der Waals surface area contributed by atoms with Gasteiger partial charge in [-0.15, -0.1) is 0 Å². The van der Waals surface area contributed by atoms with Crippen molar-refractivity contribution in [2.45, 2.75) is 32.2 Å². The van der Waals surface area contributed by atoms with Gasteiger partial charge in [-0.3, -0.25) is 14.7 Å². The SMILES string of the molecule is NCc1nc(-c2ccc(NC(=O)c3cc4c([nH]c3=O)CCCC4)cc2)n[nH]1. The molecule has 5 N–H and O–H groups in total. The number of aromatic nitrogens is 4. The Morgan fingerprint density at radius 3 is 2.70 bits per heavy atom. The molecule has 138 valence electrons. The second-order valence-electron chi connectivity index (χ2n) is 6.56. The van der Waals surface area contributed by atoms with Crippen LogP contribution in [-0.2, 0) is 19.4 Å². The Morgan fingerprint density at radius 2 is 1.96 bits per heavy atom. The summed E-state index contributed by atoms with van der Waals surface area (Å²) in [4.78, 5) is 31.9. The van der Waals surface area contributed by atoms with Crippen molar-refractivity contribution in [3.05, 3.63) is 63.3 Å². The number of hydrogen-bond donors (Lipinski definition) is 4. The van der Waals surface area contributed by atoms with Crippen LogP contribution < -0.4 is 16.6 Å². The van der Waals surface area contributed by atoms with Crippen molar-refractivity contribution in [1.29, 1.82) is 0 Å². The minimum atomic E-state index is -0.416. The Labute approximate surface area is 155 Å². The molecule has 2 heterocycles. The third kappa shape index (κ3) is 3.52. The van der Waals surface area contributed by atoms with E-state index < -0.39 is 5.91 Å². The quantitative estimate of drug-likeness (QED) is 0.560. The van der Waals surface area contributed by atoms with Gasteiger partial charge in [0.15, 0.2) is 5.82 Å². The third-order valence-electron chi connectivity index (χ3n) is 4.71. The molecular formula is C19H20N6O2. The van der Waals surface area contributed by atoms with Gasteiger partial charge in [0, 0.05) is 16.9 Å². The maximum atomic E-state index is 12.5. The van der Waals surface area contributed by atoms with E-state index in [0.29, 0.717) is 17.3 Å². The Balaban J connectivity index is 1.52. The van der Waals surface area contributed by atoms with Crippen molar-refractivity contribution in [2.75, 3.05) is 5.32 Å². The number of carbonyl (C=O) groups excluding carboxylic acids is 1. The van der Waals surface area contributed by atoms with E-state index in [9.17, 15) is 9.59 Å². The number of nitrogens with two attached hydrogens (primary N) is 1. The summed E-state index contributed by atoms with van der Waals surface area (Å²) >= 11 is 0. The molecule has 0 saturated heterocycles. The molecule has 0 fully saturated rings. The topological polar surface area (TPSA) is 130 Å². The van der Waals surface area contributed by atoms with Crippen LogP contribution >= 0.6 is 0 Å². The van der Waals surface area contributed by atoms with E-state index in [2.05, 4.69) is 25.5 Å². The Kier molecular flexibility index (Phi) is 4.55. The number of amides is 1. The minimum Gasteiger partial charge on any atom is -0.325 e. The van der Waals surface area contributed by atoms with Gasteiger partial charge in [0.1, 0.15) is 11.4 Å². The van der Waals surface area contributed by atoms with E-state index in [0.717, 1.165) is 42.5 Å². The van der Waals surface area contributed by atoms with E-state index in [-0.39, 0.29) is 17.7 Å². The number of nitrogens with one attached hydrogen (secondary N) is 3. The standard InChI is InChI=1S/C19H20N6O2/c20-10-16-23-17(25-24-16)11-5-7-13(8-6-11)21-18(26)14-9-12-3-1-2-4-15(12)22-19(14)27/h5-9H,1-4,10,20H2,(H,21,26)(H,22,27)(H,23,24,25). The van der Waals surface area contributed by atoms with Crippen LogP contribution in [0.5, 0.6) is 0 Å². The van der Waals surface area contributed by atoms with Crippen molar-refractivity contribution in [3.8, 4) is 11.4 Å². The molecule has 1 aliphatic rings. The molecular weight excluding hydrogens is 344 g/mol. The molecule has 4 rings (SSSR count). The summed E-state index contributed by atoms with van der Waals surface area (Å²) in [6.45, 7) is 0.288. The first-order valence-corrected chi connectivity index (χ1v) is 8.92. The smallest absolute Gasteiger partial charge is 0.261 e. The molecule has 0 radical (unpaired) electrons. The molecule has 1 amide bonds. The van der Waals surface area contributed by atoms with Gasteiger partial charge >= 0.3 is 0 Å². The molecule has 0 bridgehead atoms. The van der Waals surface area contributed by atoms with Crippen LogP contribution in [0.3, 0.4) is 0 Å². The number of aryl methyl sites for hydroxylation is 2. The Hall–Kier alpha value is -3.26. The number of nitrogens with zero attached hydrogens (tertiary/aromatic N) is 2. The lowest BCUT2D eigenvalue weighted by Gasteiger charge is -2.16. The van der Waals surface area contributed by atoms with Crippen LogP contribution in [-0.4, -0.2) is 26.1 Å². The van der Waals surface area contributed by atoms with E-state index in [4.69, 9.17) is 5.73 Å². The highest BCUT2D eigenvalue weighted by atomic mass is 16.2. The molecule has 0 spiro atoms. The molecule has 1 aliphatic carbocycles. The van der Waals surface area contributed by atoms with Crippen molar-refractivity contribution in [3.63, 3.8) is 0 Å². The fourth-order valence-electron chi connectivity index (χ4n) is 3.26. The van der Waals surface area contributed by atoms with E-state index >= 15 is 0 Å². The minimum absolute atomic E-state index is 0.140. The summed E-state index contributed by atoms with van der Waals surface area (Å²) in [5.41, 5.74) is 8.72. The van der Waals surface area contributed by atoms with Crippen LogP contribution in [0.4, 0.5) is 5.69 Å². The molecule has 8 heteroatoms. The van der Waals surface area contributed by atoms with Gasteiger partial charge in [0.2, 0.25) is 0 Å². The van der Waals surface area contributed by atoms with E-state index in [1.54, 1.807) is 30.3 Å². The number of H-pyrrole nitrogens is 2. The predicted octanol–water partition coefficient (Wildman–Crippen LogP) is 1.75. The van der Waals surface area contributed by atoms with Crippen LogP contribution in [0.15, 0.2) is 35.1 Å². The largest absolute Gasteiger partial charge is 0.325 e. The highest BCUT2D eigenvalue weighted by Crippen LogP contribution is 2.20. The van der Waals surface area contributed by atoms with Gasteiger partial charge < -0.3 is 16.0 Å². The summed E-state index contributed by atoms with van der Waals surface area (Å²) in [6, 6.07) is 8.82. The first-order valence-electron chi connectivity index (χ1n) is 8.92. The normalized spacial score (nSPS) is 13.2. The number of hydrogen-bond acceptors (Lipinski definition) is 5. The first kappa shape index (κ1) is 17.2. The van der Waals surface area contributed by atoms with Crippen molar-refractivity contribution < 1.29 is 4.79 Å². The summed E-state index contributed by atoms with van der Waals surface area (Å²) in [5, 5.41) is 9.63. The number of carbonyl (C=O) groups is 1. The van der Waals surface area contributed by atoms with Crippen LogP contribution in [0.1, 0.15) is 40.3 Å². The number of anilines is 1. The van der Waals surface area contributed by atoms with Gasteiger partial charge in [-0.05, 0) is 61.6 Å². The number of aromatic amines is 2. The fraction of sp³-hybridized carbons (Fsp3) is 0.263. The number of benzene rings is 1. The maximum Gasteiger partial charge on any atom is 0.261 e. The van der Waals surface area contributed by atoms with Gasteiger partial charge in [-0.2, -0.15) is 5.10 Å². The molecule has 2 aromatic heterocycles. The third-order valence-corrected chi connectivity index (χ3v) is 4.71. The zero-order valence-corrected chi connectivity index (χ0v) is 14.7. The van der Waals surface area contributed by atoms with E-state index in [1.165, 1.54) is 0 Å². The molecule has 0 unspecified atom stereocenters. The van der Waals surface area contributed by atoms with Crippen molar-refractivity contribution in [1.82, 2.24) is 20.2 Å². The fourth-order valence-corrected chi connectivity index (χ4v) is 3.26. The second kappa shape index (κ2) is 7.16. The summed E-state index contributed by atoms with van der Waals surface area (Å²) in [6.07, 6.45) is 3.90. The summed E-state index contributed by atoms with van der Waals surface area (Å²) < 4.78 is 0. The zero-order chi connectivity index (χ0) is 18.8. The van der Waals surface area contributed by atoms with Crippen LogP contribution in [0.2, 0.25) is 0 Å². The molecule has 0 atom stereocenters. The van der Waals surface area contributed by atoms with Gasteiger partial charge in [-0.1, -0.05) is 0 Å². The zero-order valence-electron chi connectivity index (χ0n) is 14.7. The molecule has 0 saturated carbocycles. The van der Waals surface area contributed by atoms with E-state index in [1.807, 2.05) is 0 Å². The second-order valence-corrected chi connectivity index (χ2v) is 6.56. The number of rotatable bonds is 4. The maximum absolute atomic E-state index is 12.5. The average Bonchev–Trinajstić information content (AvgIpc) is 3.17. The lowest BCUT2D eigenvalue weighted by Crippen LogP contribution is -2.26. The monoisotopic (exact) mass is 364 g/mol. The number of fused-ring (bicyclic) bond motifs is 1. The Morgan fingerprint density at radius 1 is 1.19 bits per heavy atom. The number of pyridine rings is 1. The van der Waals surface area contributed by atoms with Gasteiger partial charge in [0.25, 0.3) is 11.5 Å². The summed E-state index contributed by atoms with van der Waals surface area (Å²) in [7, 11) is 0. The van der Waals surface area contributed by atoms with Gasteiger partial charge in [-0.25, -0.2) is 4.98 Å². The molecule has 27 heavy (non-hydrogen) atoms. The first-order chi connectivity index (χ1) is 13.1. The van der Waals surface area contributed by atoms with Crippen molar-refractivity contribution >= 4 is 11.6 Å². The molecule has 0 aliphatic heterocycles. The highest BCUT2D eigenvalue weighted by Gasteiger charge is 2.17. The van der Waals surface area contributed by atoms with Crippen molar-refractivity contribution in [2.24, 2.45) is 5.73 Å². The Bertz CT molecular complexity index is 1040. The average molecular weight is 364 g/mol. The lowest BCUT2D eigenvalue weighted by atomic mass is 9.95. The summed E-state index contributed by atoms with van der Waals surface area (Å²) in [5.74, 6) is 0.731. The predicted molar refractivity (Wildman–Crippen MR) is 101 cm³/mol. The van der Waals surface area contributed by atoms with Gasteiger partial charge in [0.05, 0.1) is 6.54 Å². The highest BCUT2D eigenvalue weighted by molar-refractivity contribution is 6.04. The lowest BCUT2D eigenvalue weighted by molar-refractivity contribution is 0.102. The van der Waals surface area contributed by atoms with Crippen LogP contribution in [0, 0.1) is 0 Å². The molecule has 1 aromatic carbocycles.